The third-order valence-electron chi connectivity index (χ3n) is 1.69. The van der Waals surface area contributed by atoms with Crippen molar-refractivity contribution >= 4 is 11.2 Å². The summed E-state index contributed by atoms with van der Waals surface area (Å²) in [7, 11) is 1.74. The highest BCUT2D eigenvalue weighted by atomic mass is 16.3. The molecule has 0 saturated carbocycles. The van der Waals surface area contributed by atoms with E-state index in [0.29, 0.717) is 11.2 Å². The molecule has 0 aliphatic rings. The van der Waals surface area contributed by atoms with Gasteiger partial charge in [-0.3, -0.25) is 4.79 Å². The lowest BCUT2D eigenvalue weighted by atomic mass is 10.4. The van der Waals surface area contributed by atoms with Crippen LogP contribution < -0.4 is 5.56 Å². The molecule has 2 aromatic heterocycles. The highest BCUT2D eigenvalue weighted by Gasteiger charge is 2.05. The molecule has 2 N–H and O–H groups in total. The van der Waals surface area contributed by atoms with E-state index in [1.807, 2.05) is 0 Å². The van der Waals surface area contributed by atoms with Crippen molar-refractivity contribution in [1.29, 1.82) is 0 Å². The Balaban J connectivity index is 3.02. The first-order valence-electron chi connectivity index (χ1n) is 3.42. The number of aryl methyl sites for hydroxylation is 1. The number of pyridine rings is 1. The number of aromatic nitrogens is 3. The van der Waals surface area contributed by atoms with Crippen LogP contribution in [-0.2, 0) is 7.05 Å². The van der Waals surface area contributed by atoms with Crippen LogP contribution in [0.2, 0.25) is 0 Å². The molecule has 2 heterocycles. The van der Waals surface area contributed by atoms with Crippen molar-refractivity contribution in [2.45, 2.75) is 0 Å². The predicted octanol–water partition coefficient (Wildman–Crippen LogP) is -0.0328. The summed E-state index contributed by atoms with van der Waals surface area (Å²) in [6, 6.07) is 1.13. The van der Waals surface area contributed by atoms with E-state index in [0.717, 1.165) is 6.07 Å². The number of rotatable bonds is 0. The van der Waals surface area contributed by atoms with Gasteiger partial charge in [-0.05, 0) is 0 Å². The Morgan fingerprint density at radius 1 is 1.67 bits per heavy atom. The van der Waals surface area contributed by atoms with Gasteiger partial charge in [0, 0.05) is 13.1 Å². The largest absolute Gasteiger partial charge is 0.505 e. The average molecular weight is 165 g/mol. The number of hydrogen-bond donors (Lipinski definition) is 2. The molecule has 62 valence electrons. The number of imidazole rings is 1. The zero-order valence-corrected chi connectivity index (χ0v) is 6.40. The lowest BCUT2D eigenvalue weighted by Crippen LogP contribution is -2.03. The minimum absolute atomic E-state index is 0.0475. The summed E-state index contributed by atoms with van der Waals surface area (Å²) < 4.78 is 1.64. The third-order valence-corrected chi connectivity index (χ3v) is 1.69. The van der Waals surface area contributed by atoms with Gasteiger partial charge < -0.3 is 14.7 Å². The summed E-state index contributed by atoms with van der Waals surface area (Å²) in [6.45, 7) is 0. The van der Waals surface area contributed by atoms with Crippen LogP contribution in [0, 0.1) is 0 Å². The van der Waals surface area contributed by atoms with E-state index in [2.05, 4.69) is 9.97 Å². The quantitative estimate of drug-likeness (QED) is 0.575. The number of nitrogens with one attached hydrogen (secondary N) is 1. The molecule has 0 amide bonds. The molecule has 0 aliphatic heterocycles. The summed E-state index contributed by atoms with van der Waals surface area (Å²) in [4.78, 5) is 17.2. The number of nitrogens with zero attached hydrogens (tertiary/aromatic N) is 2. The molecule has 0 atom stereocenters. The van der Waals surface area contributed by atoms with E-state index in [1.165, 1.54) is 6.33 Å². The van der Waals surface area contributed by atoms with Gasteiger partial charge in [-0.15, -0.1) is 0 Å². The van der Waals surface area contributed by atoms with Crippen molar-refractivity contribution in [3.8, 4) is 5.75 Å². The summed E-state index contributed by atoms with van der Waals surface area (Å²) in [5.74, 6) is -0.0475. The van der Waals surface area contributed by atoms with E-state index < -0.39 is 0 Å². The maximum atomic E-state index is 10.8. The van der Waals surface area contributed by atoms with Crippen molar-refractivity contribution in [1.82, 2.24) is 14.5 Å². The van der Waals surface area contributed by atoms with Crippen molar-refractivity contribution in [3.63, 3.8) is 0 Å². The molecule has 0 unspecified atom stereocenters. The van der Waals surface area contributed by atoms with Crippen LogP contribution in [0.3, 0.4) is 0 Å². The summed E-state index contributed by atoms with van der Waals surface area (Å²) >= 11 is 0. The van der Waals surface area contributed by atoms with E-state index in [4.69, 9.17) is 0 Å². The van der Waals surface area contributed by atoms with Crippen molar-refractivity contribution in [2.75, 3.05) is 0 Å². The monoisotopic (exact) mass is 165 g/mol. The second-order valence-electron chi connectivity index (χ2n) is 2.57. The van der Waals surface area contributed by atoms with E-state index in [1.54, 1.807) is 11.6 Å². The van der Waals surface area contributed by atoms with Gasteiger partial charge in [0.2, 0.25) is 0 Å². The second-order valence-corrected chi connectivity index (χ2v) is 2.57. The Morgan fingerprint density at radius 2 is 2.42 bits per heavy atom. The predicted molar refractivity (Wildman–Crippen MR) is 43.0 cm³/mol. The molecular weight excluding hydrogens is 158 g/mol. The highest BCUT2D eigenvalue weighted by Crippen LogP contribution is 2.17. The topological polar surface area (TPSA) is 70.9 Å². The first-order valence-corrected chi connectivity index (χ1v) is 3.42. The molecule has 12 heavy (non-hydrogen) atoms. The van der Waals surface area contributed by atoms with Gasteiger partial charge in [-0.2, -0.15) is 0 Å². The highest BCUT2D eigenvalue weighted by molar-refractivity contribution is 5.77. The van der Waals surface area contributed by atoms with E-state index in [-0.39, 0.29) is 11.3 Å². The second kappa shape index (κ2) is 2.10. The smallest absolute Gasteiger partial charge is 0.253 e. The molecule has 0 fully saturated rings. The van der Waals surface area contributed by atoms with Gasteiger partial charge in [-0.1, -0.05) is 0 Å². The zero-order valence-electron chi connectivity index (χ0n) is 6.40. The molecule has 0 bridgehead atoms. The molecule has 2 rings (SSSR count). The molecule has 0 spiro atoms. The standard InChI is InChI=1S/C7H7N3O2/c1-10-3-8-7-6(10)4(11)2-5(12)9-7/h2-3H,1H3,(H2,9,11,12). The average Bonchev–Trinajstić information content (AvgIpc) is 2.31. The summed E-state index contributed by atoms with van der Waals surface area (Å²) in [5, 5.41) is 9.34. The molecular formula is C7H7N3O2. The minimum Gasteiger partial charge on any atom is -0.505 e. The molecule has 2 aromatic rings. The molecule has 0 aliphatic carbocycles. The van der Waals surface area contributed by atoms with Crippen LogP contribution in [0.4, 0.5) is 0 Å². The summed E-state index contributed by atoms with van der Waals surface area (Å²) in [5.41, 5.74) is 0.593. The Bertz CT molecular complexity index is 483. The SMILES string of the molecule is Cn1cnc2[nH]c(=O)cc(O)c21. The van der Waals surface area contributed by atoms with Gasteiger partial charge in [0.15, 0.2) is 5.65 Å². The van der Waals surface area contributed by atoms with E-state index >= 15 is 0 Å². The Hall–Kier alpha value is -1.78. The Kier molecular flexibility index (Phi) is 1.21. The lowest BCUT2D eigenvalue weighted by Gasteiger charge is -1.95. The number of H-pyrrole nitrogens is 1. The van der Waals surface area contributed by atoms with Crippen LogP contribution >= 0.6 is 0 Å². The normalized spacial score (nSPS) is 10.8. The number of hydrogen-bond acceptors (Lipinski definition) is 3. The van der Waals surface area contributed by atoms with Crippen molar-refractivity contribution in [2.24, 2.45) is 7.05 Å². The number of aromatic hydroxyl groups is 1. The molecule has 0 saturated heterocycles. The van der Waals surface area contributed by atoms with Crippen LogP contribution in [0.15, 0.2) is 17.2 Å². The van der Waals surface area contributed by atoms with Gasteiger partial charge in [0.25, 0.3) is 5.56 Å². The van der Waals surface area contributed by atoms with E-state index in [9.17, 15) is 9.90 Å². The van der Waals surface area contributed by atoms with Crippen LogP contribution in [0.5, 0.6) is 5.75 Å². The minimum atomic E-state index is -0.348. The third kappa shape index (κ3) is 0.795. The van der Waals surface area contributed by atoms with Crippen LogP contribution in [-0.4, -0.2) is 19.6 Å². The summed E-state index contributed by atoms with van der Waals surface area (Å²) in [6.07, 6.45) is 1.53. The van der Waals surface area contributed by atoms with Gasteiger partial charge in [0.1, 0.15) is 11.3 Å². The Morgan fingerprint density at radius 3 is 3.17 bits per heavy atom. The lowest BCUT2D eigenvalue weighted by molar-refractivity contribution is 0.477. The van der Waals surface area contributed by atoms with Crippen LogP contribution in [0.1, 0.15) is 0 Å². The number of fused-ring (bicyclic) bond motifs is 1. The fourth-order valence-electron chi connectivity index (χ4n) is 1.17. The molecule has 0 radical (unpaired) electrons. The maximum absolute atomic E-state index is 10.8. The Labute approximate surface area is 67.3 Å². The van der Waals surface area contributed by atoms with Gasteiger partial charge in [-0.25, -0.2) is 4.98 Å². The number of aromatic amines is 1. The fourth-order valence-corrected chi connectivity index (χ4v) is 1.17. The molecule has 0 aromatic carbocycles. The van der Waals surface area contributed by atoms with Gasteiger partial charge in [0.05, 0.1) is 6.33 Å². The molecule has 5 nitrogen and oxygen atoms in total. The first kappa shape index (κ1) is 6.90. The molecule has 5 heteroatoms. The fraction of sp³-hybridized carbons (Fsp3) is 0.143. The zero-order chi connectivity index (χ0) is 8.72. The van der Waals surface area contributed by atoms with Gasteiger partial charge >= 0.3 is 0 Å². The van der Waals surface area contributed by atoms with Crippen molar-refractivity contribution < 1.29 is 5.11 Å². The van der Waals surface area contributed by atoms with Crippen LogP contribution in [0.25, 0.3) is 11.2 Å². The van der Waals surface area contributed by atoms with Crippen molar-refractivity contribution in [3.05, 3.63) is 22.7 Å². The maximum Gasteiger partial charge on any atom is 0.253 e. The first-order chi connectivity index (χ1) is 5.68.